The molecular weight excluding hydrogens is 864 g/mol. The van der Waals surface area contributed by atoms with Crippen LogP contribution in [0, 0.1) is 0 Å². The zero-order valence-corrected chi connectivity index (χ0v) is 33.9. The van der Waals surface area contributed by atoms with E-state index in [1.54, 1.807) is 0 Å². The second-order valence-electron chi connectivity index (χ2n) is 15.7. The normalized spacial score (nSPS) is 48.5. The van der Waals surface area contributed by atoms with E-state index in [0.717, 1.165) is 6.92 Å². The molecule has 0 aromatic heterocycles. The van der Waals surface area contributed by atoms with Gasteiger partial charge in [0.2, 0.25) is 5.91 Å². The average molecular weight is 927 g/mol. The Bertz CT molecular complexity index is 1390. The maximum absolute atomic E-state index is 12.5. The van der Waals surface area contributed by atoms with Crippen LogP contribution in [0.2, 0.25) is 0 Å². The van der Waals surface area contributed by atoms with Gasteiger partial charge < -0.3 is 135 Å². The summed E-state index contributed by atoms with van der Waals surface area (Å²) in [7, 11) is 0. The summed E-state index contributed by atoms with van der Waals surface area (Å²) in [6.45, 7) is -3.20. The molecule has 368 valence electrons. The number of carbonyl (C=O) groups excluding carboxylic acids is 1. The molecule has 0 aromatic rings. The molecule has 5 saturated heterocycles. The molecular formula is C35H62N2O26. The summed E-state index contributed by atoms with van der Waals surface area (Å²) in [6.07, 6.45) is -42.9. The van der Waals surface area contributed by atoms with Crippen molar-refractivity contribution >= 4 is 5.91 Å². The second-order valence-corrected chi connectivity index (χ2v) is 15.7. The average Bonchev–Trinajstić information content (AvgIpc) is 3.26. The maximum atomic E-state index is 12.5. The molecule has 5 rings (SSSR count). The molecule has 28 heteroatoms. The highest BCUT2D eigenvalue weighted by atomic mass is 16.8. The lowest BCUT2D eigenvalue weighted by Crippen LogP contribution is -2.70. The van der Waals surface area contributed by atoms with Crippen molar-refractivity contribution in [1.82, 2.24) is 5.32 Å². The van der Waals surface area contributed by atoms with E-state index in [4.69, 9.17) is 53.1 Å². The predicted octanol–water partition coefficient (Wildman–Crippen LogP) is -11.4. The number of carbonyl (C=O) groups is 1. The Morgan fingerprint density at radius 3 is 1.30 bits per heavy atom. The third-order valence-electron chi connectivity index (χ3n) is 11.3. The molecule has 28 nitrogen and oxygen atoms in total. The van der Waals surface area contributed by atoms with Crippen molar-refractivity contribution in [1.29, 1.82) is 0 Å². The van der Waals surface area contributed by atoms with Gasteiger partial charge in [0.05, 0.1) is 39.6 Å². The van der Waals surface area contributed by atoms with E-state index in [0.29, 0.717) is 6.42 Å². The van der Waals surface area contributed by atoms with Gasteiger partial charge in [0.1, 0.15) is 122 Å². The van der Waals surface area contributed by atoms with E-state index in [-0.39, 0.29) is 13.2 Å². The van der Waals surface area contributed by atoms with Crippen LogP contribution in [0.15, 0.2) is 0 Å². The van der Waals surface area contributed by atoms with Crippen molar-refractivity contribution in [3.63, 3.8) is 0 Å². The molecule has 5 heterocycles. The summed E-state index contributed by atoms with van der Waals surface area (Å²) in [5, 5.41) is 162. The summed E-state index contributed by atoms with van der Waals surface area (Å²) in [5.74, 6) is -0.810. The molecule has 1 amide bonds. The van der Waals surface area contributed by atoms with Crippen LogP contribution in [-0.2, 0) is 52.2 Å². The molecule has 0 aliphatic carbocycles. The number of ether oxygens (including phenoxy) is 10. The van der Waals surface area contributed by atoms with E-state index in [1.165, 1.54) is 0 Å². The third kappa shape index (κ3) is 11.6. The number of amides is 1. The van der Waals surface area contributed by atoms with Crippen LogP contribution in [-0.4, -0.2) is 282 Å². The largest absolute Gasteiger partial charge is 0.394 e. The van der Waals surface area contributed by atoms with Gasteiger partial charge in [-0.3, -0.25) is 4.79 Å². The topological polar surface area (TPSA) is 451 Å². The van der Waals surface area contributed by atoms with Gasteiger partial charge in [-0.05, 0) is 13.0 Å². The van der Waals surface area contributed by atoms with E-state index in [2.05, 4.69) is 5.32 Å². The number of nitrogens with one attached hydrogen (secondary N) is 1. The van der Waals surface area contributed by atoms with Gasteiger partial charge in [-0.2, -0.15) is 0 Å². The SMILES string of the molecule is CC(=O)N[C@H]1[C@H](O[C@H]2[C@@H](O)[C@@H](CO)O[C@@H](O[C@H]3[C@H](O)[C@@H](O)[C@H](OCCCN)O[C@@H]3CO)[C@@H]2O)O[C@H](CO)[C@@H](O[C@@H]2O[C@H](CO)[C@H](O)[C@H](O[C@H]3O[C@H](CO)[C@H](O)[C@H](O)[C@H]3O)[C@H]2O)[C@@H]1O. The first-order valence-corrected chi connectivity index (χ1v) is 20.3. The lowest BCUT2D eigenvalue weighted by molar-refractivity contribution is -0.387. The van der Waals surface area contributed by atoms with Gasteiger partial charge in [0.25, 0.3) is 0 Å². The minimum atomic E-state index is -2.09. The monoisotopic (exact) mass is 926 g/mol. The van der Waals surface area contributed by atoms with E-state index in [9.17, 15) is 81.4 Å². The molecule has 63 heavy (non-hydrogen) atoms. The van der Waals surface area contributed by atoms with Gasteiger partial charge in [-0.15, -0.1) is 0 Å². The Labute approximate surface area is 358 Å². The molecule has 5 fully saturated rings. The second kappa shape index (κ2) is 23.4. The number of hydrogen-bond acceptors (Lipinski definition) is 27. The van der Waals surface area contributed by atoms with E-state index in [1.807, 2.05) is 0 Å². The van der Waals surface area contributed by atoms with Crippen molar-refractivity contribution < 1.29 is 129 Å². The first-order chi connectivity index (χ1) is 30.0. The Balaban J connectivity index is 1.34. The molecule has 5 aliphatic rings. The lowest BCUT2D eigenvalue weighted by atomic mass is 9.94. The van der Waals surface area contributed by atoms with Gasteiger partial charge in [-0.25, -0.2) is 0 Å². The molecule has 18 N–H and O–H groups in total. The molecule has 25 atom stereocenters. The van der Waals surface area contributed by atoms with Gasteiger partial charge in [-0.1, -0.05) is 0 Å². The molecule has 0 spiro atoms. The van der Waals surface area contributed by atoms with Gasteiger partial charge in [0.15, 0.2) is 31.5 Å². The minimum Gasteiger partial charge on any atom is -0.394 e. The molecule has 0 aromatic carbocycles. The Kier molecular flexibility index (Phi) is 19.5. The first kappa shape index (κ1) is 52.4. The number of nitrogens with two attached hydrogens (primary N) is 1. The van der Waals surface area contributed by atoms with Crippen molar-refractivity contribution in [2.24, 2.45) is 5.73 Å². The maximum Gasteiger partial charge on any atom is 0.217 e. The Morgan fingerprint density at radius 1 is 0.460 bits per heavy atom. The van der Waals surface area contributed by atoms with Crippen LogP contribution in [0.25, 0.3) is 0 Å². The number of aliphatic hydroxyl groups excluding tert-OH is 15. The molecule has 0 unspecified atom stereocenters. The highest BCUT2D eigenvalue weighted by Gasteiger charge is 2.57. The fourth-order valence-corrected chi connectivity index (χ4v) is 7.83. The summed E-state index contributed by atoms with van der Waals surface area (Å²) in [5.41, 5.74) is 5.47. The van der Waals surface area contributed by atoms with Gasteiger partial charge in [0, 0.05) is 6.92 Å². The lowest BCUT2D eigenvalue weighted by Gasteiger charge is -2.50. The van der Waals surface area contributed by atoms with Gasteiger partial charge >= 0.3 is 0 Å². The molecule has 0 saturated carbocycles. The van der Waals surface area contributed by atoms with Crippen molar-refractivity contribution in [2.75, 3.05) is 46.2 Å². The zero-order valence-electron chi connectivity index (χ0n) is 33.9. The van der Waals surface area contributed by atoms with Crippen LogP contribution in [0.5, 0.6) is 0 Å². The fourth-order valence-electron chi connectivity index (χ4n) is 7.83. The van der Waals surface area contributed by atoms with Crippen LogP contribution < -0.4 is 11.1 Å². The molecule has 5 aliphatic heterocycles. The first-order valence-electron chi connectivity index (χ1n) is 20.3. The fraction of sp³-hybridized carbons (Fsp3) is 0.971. The predicted molar refractivity (Wildman–Crippen MR) is 196 cm³/mol. The zero-order chi connectivity index (χ0) is 46.4. The standard InChI is InChI=1S/C35H62N2O26/c1-10(43)37-16-20(47)27(60-34-26(53)30(19(46)13(7-40)56-34)63-33-23(50)21(48)17(44)11(5-38)55-33)14(8-41)58-31(16)62-29-18(45)12(6-39)57-35(25(29)52)61-28-15(9-42)59-32(24(51)22(28)49)54-4-2-3-36/h11-35,38-42,44-53H,2-9,36H2,1H3,(H,37,43)/t11-,12-,13-,14-,15-,16-,17+,18+,19+,20-,21+,22-,23-,24-,25-,26-,27-,28-,29+,30+,31+,32-,33-,34+,35+/m1/s1. The summed E-state index contributed by atoms with van der Waals surface area (Å²) >= 11 is 0. The molecule has 0 radical (unpaired) electrons. The Morgan fingerprint density at radius 2 is 0.841 bits per heavy atom. The summed E-state index contributed by atoms with van der Waals surface area (Å²) < 4.78 is 56.4. The smallest absolute Gasteiger partial charge is 0.217 e. The summed E-state index contributed by atoms with van der Waals surface area (Å²) in [6, 6.07) is -1.72. The highest BCUT2D eigenvalue weighted by molar-refractivity contribution is 5.73. The van der Waals surface area contributed by atoms with Crippen LogP contribution in [0.3, 0.4) is 0 Å². The van der Waals surface area contributed by atoms with Crippen molar-refractivity contribution in [3.8, 4) is 0 Å². The van der Waals surface area contributed by atoms with E-state index < -0.39 is 192 Å². The number of rotatable bonds is 18. The van der Waals surface area contributed by atoms with Crippen molar-refractivity contribution in [3.05, 3.63) is 0 Å². The third-order valence-corrected chi connectivity index (χ3v) is 11.3. The minimum absolute atomic E-state index is 0.0319. The van der Waals surface area contributed by atoms with Crippen molar-refractivity contribution in [2.45, 2.75) is 167 Å². The summed E-state index contributed by atoms with van der Waals surface area (Å²) in [4.78, 5) is 12.5. The Hall–Kier alpha value is -1.57. The molecule has 0 bridgehead atoms. The number of aliphatic hydroxyl groups is 15. The van der Waals surface area contributed by atoms with E-state index >= 15 is 0 Å². The quantitative estimate of drug-likeness (QED) is 0.0568. The van der Waals surface area contributed by atoms with Crippen LogP contribution in [0.1, 0.15) is 13.3 Å². The highest BCUT2D eigenvalue weighted by Crippen LogP contribution is 2.36. The number of hydrogen-bond donors (Lipinski definition) is 17. The van der Waals surface area contributed by atoms with Crippen LogP contribution >= 0.6 is 0 Å². The van der Waals surface area contributed by atoms with Crippen LogP contribution in [0.4, 0.5) is 0 Å².